The Bertz CT molecular complexity index is 948. The summed E-state index contributed by atoms with van der Waals surface area (Å²) in [6, 6.07) is 7.53. The molecule has 3 aromatic heterocycles. The summed E-state index contributed by atoms with van der Waals surface area (Å²) in [5.74, 6) is 1.09. The zero-order valence-electron chi connectivity index (χ0n) is 15.5. The molecule has 1 saturated heterocycles. The van der Waals surface area contributed by atoms with Crippen molar-refractivity contribution in [1.29, 1.82) is 0 Å². The molecular weight excluding hydrogens is 340 g/mol. The van der Waals surface area contributed by atoms with Gasteiger partial charge in [-0.15, -0.1) is 0 Å². The highest BCUT2D eigenvalue weighted by Crippen LogP contribution is 2.19. The molecule has 0 N–H and O–H groups in total. The molecule has 1 unspecified atom stereocenters. The van der Waals surface area contributed by atoms with E-state index >= 15 is 0 Å². The third kappa shape index (κ3) is 3.98. The van der Waals surface area contributed by atoms with Crippen LogP contribution in [-0.4, -0.2) is 48.3 Å². The van der Waals surface area contributed by atoms with Crippen LogP contribution in [0.15, 0.2) is 53.8 Å². The molecule has 1 aliphatic heterocycles. The van der Waals surface area contributed by atoms with E-state index in [-0.39, 0.29) is 5.56 Å². The lowest BCUT2D eigenvalue weighted by Gasteiger charge is -2.24. The maximum Gasteiger partial charge on any atom is 0.266 e. The molecule has 0 aromatic carbocycles. The van der Waals surface area contributed by atoms with Crippen molar-refractivity contribution in [3.63, 3.8) is 0 Å². The van der Waals surface area contributed by atoms with Crippen molar-refractivity contribution in [3.05, 3.63) is 65.2 Å². The molecule has 3 aromatic rings. The lowest BCUT2D eigenvalue weighted by molar-refractivity contribution is 0.225. The van der Waals surface area contributed by atoms with Crippen LogP contribution in [0.3, 0.4) is 0 Å². The molecule has 4 heterocycles. The highest BCUT2D eigenvalue weighted by atomic mass is 16.1. The third-order valence-electron chi connectivity index (χ3n) is 5.25. The van der Waals surface area contributed by atoms with Gasteiger partial charge in [0.1, 0.15) is 5.82 Å². The van der Waals surface area contributed by atoms with Crippen molar-refractivity contribution in [2.24, 2.45) is 7.05 Å². The Morgan fingerprint density at radius 1 is 1.22 bits per heavy atom. The summed E-state index contributed by atoms with van der Waals surface area (Å²) in [5, 5.41) is 4.59. The van der Waals surface area contributed by atoms with E-state index in [4.69, 9.17) is 0 Å². The molecule has 0 bridgehead atoms. The fraction of sp³-hybridized carbons (Fsp3) is 0.400. The first kappa shape index (κ1) is 17.6. The second kappa shape index (κ2) is 7.84. The van der Waals surface area contributed by atoms with Crippen molar-refractivity contribution < 1.29 is 0 Å². The van der Waals surface area contributed by atoms with Gasteiger partial charge < -0.3 is 4.57 Å². The Morgan fingerprint density at radius 3 is 2.93 bits per heavy atom. The normalized spacial score (nSPS) is 17.4. The van der Waals surface area contributed by atoms with Crippen LogP contribution >= 0.6 is 0 Å². The molecule has 4 rings (SSSR count). The van der Waals surface area contributed by atoms with Crippen molar-refractivity contribution in [1.82, 2.24) is 29.2 Å². The number of hydrogen-bond donors (Lipinski definition) is 0. The quantitative estimate of drug-likeness (QED) is 0.666. The minimum absolute atomic E-state index is 0.0569. The number of nitrogens with zero attached hydrogens (tertiary/aromatic N) is 6. The summed E-state index contributed by atoms with van der Waals surface area (Å²) in [6.45, 7) is 2.63. The first-order valence-electron chi connectivity index (χ1n) is 9.39. The summed E-state index contributed by atoms with van der Waals surface area (Å²) < 4.78 is 3.67. The fourth-order valence-electron chi connectivity index (χ4n) is 3.72. The monoisotopic (exact) mass is 364 g/mol. The molecule has 0 aliphatic carbocycles. The number of pyridine rings is 1. The molecule has 7 heteroatoms. The van der Waals surface area contributed by atoms with Crippen LogP contribution in [-0.2, 0) is 20.0 Å². The van der Waals surface area contributed by atoms with Crippen LogP contribution in [0.2, 0.25) is 0 Å². The van der Waals surface area contributed by atoms with Gasteiger partial charge in [0.2, 0.25) is 0 Å². The smallest absolute Gasteiger partial charge is 0.266 e. The summed E-state index contributed by atoms with van der Waals surface area (Å²) in [5.41, 5.74) is 1.64. The Kier molecular flexibility index (Phi) is 5.11. The SMILES string of the molecule is Cn1ccnc1CCN1CCCC1Cn1nc(-c2cccnc2)ccc1=O. The number of rotatable bonds is 6. The van der Waals surface area contributed by atoms with Gasteiger partial charge in [0.15, 0.2) is 0 Å². The van der Waals surface area contributed by atoms with E-state index in [2.05, 4.69) is 24.5 Å². The van der Waals surface area contributed by atoms with Gasteiger partial charge in [-0.05, 0) is 37.6 Å². The van der Waals surface area contributed by atoms with Crippen molar-refractivity contribution in [2.75, 3.05) is 13.1 Å². The van der Waals surface area contributed by atoms with Gasteiger partial charge in [-0.2, -0.15) is 5.10 Å². The molecule has 0 saturated carbocycles. The molecule has 0 spiro atoms. The summed E-state index contributed by atoms with van der Waals surface area (Å²) >= 11 is 0. The highest BCUT2D eigenvalue weighted by Gasteiger charge is 2.25. The second-order valence-corrected chi connectivity index (χ2v) is 7.02. The molecule has 0 radical (unpaired) electrons. The van der Waals surface area contributed by atoms with Gasteiger partial charge in [-0.1, -0.05) is 0 Å². The predicted octanol–water partition coefficient (Wildman–Crippen LogP) is 1.75. The second-order valence-electron chi connectivity index (χ2n) is 7.02. The maximum atomic E-state index is 12.3. The molecule has 7 nitrogen and oxygen atoms in total. The fourth-order valence-corrected chi connectivity index (χ4v) is 3.72. The van der Waals surface area contributed by atoms with Crippen LogP contribution in [0.1, 0.15) is 18.7 Å². The van der Waals surface area contributed by atoms with Gasteiger partial charge in [0.25, 0.3) is 5.56 Å². The van der Waals surface area contributed by atoms with E-state index in [0.717, 1.165) is 49.4 Å². The molecular formula is C20H24N6O. The first-order valence-corrected chi connectivity index (χ1v) is 9.39. The number of aromatic nitrogens is 5. The van der Waals surface area contributed by atoms with E-state index in [1.54, 1.807) is 29.2 Å². The van der Waals surface area contributed by atoms with Gasteiger partial charge in [0, 0.05) is 62.5 Å². The minimum Gasteiger partial charge on any atom is -0.338 e. The Balaban J connectivity index is 1.47. The Morgan fingerprint density at radius 2 is 2.15 bits per heavy atom. The van der Waals surface area contributed by atoms with Gasteiger partial charge >= 0.3 is 0 Å². The van der Waals surface area contributed by atoms with Crippen LogP contribution in [0, 0.1) is 0 Å². The van der Waals surface area contributed by atoms with Crippen molar-refractivity contribution >= 4 is 0 Å². The first-order chi connectivity index (χ1) is 13.2. The average molecular weight is 364 g/mol. The lowest BCUT2D eigenvalue weighted by Crippen LogP contribution is -2.38. The van der Waals surface area contributed by atoms with Crippen LogP contribution < -0.4 is 5.56 Å². The Labute approximate surface area is 158 Å². The van der Waals surface area contributed by atoms with Gasteiger partial charge in [-0.25, -0.2) is 9.67 Å². The largest absolute Gasteiger partial charge is 0.338 e. The molecule has 0 amide bonds. The van der Waals surface area contributed by atoms with E-state index in [1.807, 2.05) is 31.6 Å². The summed E-state index contributed by atoms with van der Waals surface area (Å²) in [7, 11) is 2.03. The highest BCUT2D eigenvalue weighted by molar-refractivity contribution is 5.56. The van der Waals surface area contributed by atoms with Crippen LogP contribution in [0.4, 0.5) is 0 Å². The standard InChI is InChI=1S/C20H24N6O/c1-24-13-10-22-19(24)8-12-25-11-3-5-17(25)15-26-20(27)7-6-18(23-26)16-4-2-9-21-14-16/h2,4,6-7,9-10,13-14,17H,3,5,8,11-12,15H2,1H3. The third-order valence-corrected chi connectivity index (χ3v) is 5.25. The van der Waals surface area contributed by atoms with Crippen LogP contribution in [0.5, 0.6) is 0 Å². The molecule has 1 aliphatic rings. The average Bonchev–Trinajstić information content (AvgIpc) is 3.31. The summed E-state index contributed by atoms with van der Waals surface area (Å²) in [6.07, 6.45) is 10.5. The zero-order valence-corrected chi connectivity index (χ0v) is 15.5. The van der Waals surface area contributed by atoms with E-state index in [1.165, 1.54) is 0 Å². The van der Waals surface area contributed by atoms with Gasteiger partial charge in [-0.3, -0.25) is 14.7 Å². The molecule has 27 heavy (non-hydrogen) atoms. The summed E-state index contributed by atoms with van der Waals surface area (Å²) in [4.78, 5) is 23.3. The van der Waals surface area contributed by atoms with Crippen molar-refractivity contribution in [3.8, 4) is 11.3 Å². The maximum absolute atomic E-state index is 12.3. The Hall–Kier alpha value is -2.80. The van der Waals surface area contributed by atoms with E-state index < -0.39 is 0 Å². The topological polar surface area (TPSA) is 68.8 Å². The van der Waals surface area contributed by atoms with Crippen LogP contribution in [0.25, 0.3) is 11.3 Å². The minimum atomic E-state index is -0.0569. The number of aryl methyl sites for hydroxylation is 1. The predicted molar refractivity (Wildman–Crippen MR) is 103 cm³/mol. The van der Waals surface area contributed by atoms with E-state index in [0.29, 0.717) is 12.6 Å². The lowest BCUT2D eigenvalue weighted by atomic mass is 10.2. The zero-order chi connectivity index (χ0) is 18.6. The molecule has 1 atom stereocenters. The van der Waals surface area contributed by atoms with Crippen molar-refractivity contribution in [2.45, 2.75) is 31.8 Å². The molecule has 1 fully saturated rings. The molecule has 140 valence electrons. The van der Waals surface area contributed by atoms with Gasteiger partial charge in [0.05, 0.1) is 12.2 Å². The number of likely N-dealkylation sites (tertiary alicyclic amines) is 1. The number of imidazole rings is 1. The number of hydrogen-bond acceptors (Lipinski definition) is 5. The van der Waals surface area contributed by atoms with E-state index in [9.17, 15) is 4.79 Å².